The predicted octanol–water partition coefficient (Wildman–Crippen LogP) is 3.42. The van der Waals surface area contributed by atoms with Crippen molar-refractivity contribution < 1.29 is 0 Å². The third-order valence-electron chi connectivity index (χ3n) is 5.10. The number of likely N-dealkylation sites (tertiary alicyclic amines) is 1. The fourth-order valence-electron chi connectivity index (χ4n) is 4.01. The molecule has 0 aromatic carbocycles. The van der Waals surface area contributed by atoms with Crippen LogP contribution in [0.3, 0.4) is 0 Å². The van der Waals surface area contributed by atoms with Gasteiger partial charge in [0.15, 0.2) is 0 Å². The van der Waals surface area contributed by atoms with Gasteiger partial charge in [0.2, 0.25) is 0 Å². The summed E-state index contributed by atoms with van der Waals surface area (Å²) in [6, 6.07) is 2.28. The molecule has 2 fully saturated rings. The van der Waals surface area contributed by atoms with Crippen molar-refractivity contribution in [3.63, 3.8) is 0 Å². The summed E-state index contributed by atoms with van der Waals surface area (Å²) in [7, 11) is 0. The van der Waals surface area contributed by atoms with E-state index in [0.29, 0.717) is 5.41 Å². The van der Waals surface area contributed by atoms with E-state index in [2.05, 4.69) is 37.9 Å². The molecule has 1 N–H and O–H groups in total. The maximum atomic E-state index is 3.75. The zero-order valence-corrected chi connectivity index (χ0v) is 12.8. The maximum Gasteiger partial charge on any atom is 0.0257 e. The zero-order valence-electron chi connectivity index (χ0n) is 12.8. The van der Waals surface area contributed by atoms with Gasteiger partial charge >= 0.3 is 0 Å². The summed E-state index contributed by atoms with van der Waals surface area (Å²) in [5.74, 6) is 0. The van der Waals surface area contributed by atoms with E-state index in [4.69, 9.17) is 0 Å². The third kappa shape index (κ3) is 3.27. The second kappa shape index (κ2) is 5.92. The van der Waals surface area contributed by atoms with Gasteiger partial charge in [0.1, 0.15) is 0 Å². The van der Waals surface area contributed by atoms with E-state index < -0.39 is 0 Å². The van der Waals surface area contributed by atoms with Gasteiger partial charge in [-0.1, -0.05) is 27.2 Å². The first-order valence-electron chi connectivity index (χ1n) is 8.02. The summed E-state index contributed by atoms with van der Waals surface area (Å²) in [5.41, 5.74) is 0.535. The number of piperidine rings is 1. The van der Waals surface area contributed by atoms with Crippen molar-refractivity contribution in [1.29, 1.82) is 0 Å². The Morgan fingerprint density at radius 1 is 1.22 bits per heavy atom. The summed E-state index contributed by atoms with van der Waals surface area (Å²) in [6.07, 6.45) is 8.34. The van der Waals surface area contributed by atoms with Crippen molar-refractivity contribution >= 4 is 0 Å². The molecule has 0 aromatic heterocycles. The van der Waals surface area contributed by atoms with E-state index in [1.807, 2.05) is 0 Å². The highest BCUT2D eigenvalue weighted by atomic mass is 15.2. The maximum absolute atomic E-state index is 3.75. The minimum absolute atomic E-state index is 0.535. The Hall–Kier alpha value is -0.0800. The fraction of sp³-hybridized carbons (Fsp3) is 1.00. The van der Waals surface area contributed by atoms with E-state index >= 15 is 0 Å². The van der Waals surface area contributed by atoms with Crippen molar-refractivity contribution in [2.75, 3.05) is 13.1 Å². The molecule has 18 heavy (non-hydrogen) atoms. The SMILES string of the molecule is CCNC1CCC(C)(C)CC1N1CCCCC1C. The molecular weight excluding hydrogens is 220 g/mol. The second-order valence-corrected chi connectivity index (χ2v) is 7.22. The van der Waals surface area contributed by atoms with Gasteiger partial charge in [-0.2, -0.15) is 0 Å². The Morgan fingerprint density at radius 3 is 2.67 bits per heavy atom. The van der Waals surface area contributed by atoms with Crippen molar-refractivity contribution in [2.24, 2.45) is 5.41 Å². The minimum Gasteiger partial charge on any atom is -0.313 e. The molecule has 0 bridgehead atoms. The molecule has 106 valence electrons. The first-order valence-corrected chi connectivity index (χ1v) is 8.02. The summed E-state index contributed by atoms with van der Waals surface area (Å²) in [5, 5.41) is 3.75. The molecule has 0 spiro atoms. The smallest absolute Gasteiger partial charge is 0.0257 e. The summed E-state index contributed by atoms with van der Waals surface area (Å²) in [4.78, 5) is 2.82. The fourth-order valence-corrected chi connectivity index (χ4v) is 4.01. The number of hydrogen-bond donors (Lipinski definition) is 1. The average Bonchev–Trinajstić information content (AvgIpc) is 2.32. The van der Waals surface area contributed by atoms with Crippen molar-refractivity contribution in [2.45, 2.75) is 84.3 Å². The van der Waals surface area contributed by atoms with Gasteiger partial charge in [-0.25, -0.2) is 0 Å². The van der Waals surface area contributed by atoms with Gasteiger partial charge < -0.3 is 5.32 Å². The number of rotatable bonds is 3. The van der Waals surface area contributed by atoms with Crippen LogP contribution in [-0.4, -0.2) is 36.1 Å². The summed E-state index contributed by atoms with van der Waals surface area (Å²) < 4.78 is 0. The Morgan fingerprint density at radius 2 is 2.00 bits per heavy atom. The largest absolute Gasteiger partial charge is 0.313 e. The topological polar surface area (TPSA) is 15.3 Å². The molecule has 2 aliphatic rings. The first-order chi connectivity index (χ1) is 8.53. The molecule has 2 rings (SSSR count). The standard InChI is InChI=1S/C16H32N2/c1-5-17-14-9-10-16(3,4)12-15(14)18-11-7-6-8-13(18)2/h13-15,17H,5-12H2,1-4H3. The predicted molar refractivity (Wildman–Crippen MR) is 78.9 cm³/mol. The number of nitrogens with zero attached hydrogens (tertiary/aromatic N) is 1. The van der Waals surface area contributed by atoms with Crippen LogP contribution in [0.1, 0.15) is 66.2 Å². The van der Waals surface area contributed by atoms with Crippen LogP contribution in [0, 0.1) is 5.41 Å². The molecule has 2 heteroatoms. The van der Waals surface area contributed by atoms with E-state index in [9.17, 15) is 0 Å². The molecule has 3 atom stereocenters. The van der Waals surface area contributed by atoms with Crippen LogP contribution < -0.4 is 5.32 Å². The lowest BCUT2D eigenvalue weighted by molar-refractivity contribution is 0.0237. The van der Waals surface area contributed by atoms with Crippen LogP contribution in [0.5, 0.6) is 0 Å². The van der Waals surface area contributed by atoms with Crippen LogP contribution in [0.15, 0.2) is 0 Å². The molecule has 1 heterocycles. The Labute approximate surface area is 114 Å². The summed E-state index contributed by atoms with van der Waals surface area (Å²) in [6.45, 7) is 12.0. The van der Waals surface area contributed by atoms with E-state index in [-0.39, 0.29) is 0 Å². The molecule has 2 nitrogen and oxygen atoms in total. The molecule has 0 radical (unpaired) electrons. The van der Waals surface area contributed by atoms with Gasteiger partial charge in [-0.05, 0) is 57.5 Å². The third-order valence-corrected chi connectivity index (χ3v) is 5.10. The molecular formula is C16H32N2. The lowest BCUT2D eigenvalue weighted by atomic mass is 9.72. The lowest BCUT2D eigenvalue weighted by Crippen LogP contribution is -2.58. The molecule has 1 aliphatic carbocycles. The van der Waals surface area contributed by atoms with Crippen LogP contribution in [0.2, 0.25) is 0 Å². The molecule has 0 aromatic rings. The van der Waals surface area contributed by atoms with Crippen molar-refractivity contribution in [1.82, 2.24) is 10.2 Å². The van der Waals surface area contributed by atoms with Crippen LogP contribution in [0.4, 0.5) is 0 Å². The molecule has 1 saturated heterocycles. The van der Waals surface area contributed by atoms with E-state index in [0.717, 1.165) is 24.7 Å². The number of likely N-dealkylation sites (N-methyl/N-ethyl adjacent to an activating group) is 1. The molecule has 1 saturated carbocycles. The minimum atomic E-state index is 0.535. The second-order valence-electron chi connectivity index (χ2n) is 7.22. The summed E-state index contributed by atoms with van der Waals surface area (Å²) >= 11 is 0. The van der Waals surface area contributed by atoms with E-state index in [1.54, 1.807) is 0 Å². The quantitative estimate of drug-likeness (QED) is 0.828. The van der Waals surface area contributed by atoms with Crippen molar-refractivity contribution in [3.8, 4) is 0 Å². The van der Waals surface area contributed by atoms with Gasteiger partial charge in [0.25, 0.3) is 0 Å². The highest BCUT2D eigenvalue weighted by molar-refractivity contribution is 4.96. The van der Waals surface area contributed by atoms with E-state index in [1.165, 1.54) is 45.1 Å². The monoisotopic (exact) mass is 252 g/mol. The first kappa shape index (κ1) is 14.3. The van der Waals surface area contributed by atoms with Gasteiger partial charge in [-0.15, -0.1) is 0 Å². The zero-order chi connectivity index (χ0) is 13.2. The number of nitrogens with one attached hydrogen (secondary N) is 1. The van der Waals surface area contributed by atoms with Crippen molar-refractivity contribution in [3.05, 3.63) is 0 Å². The Bertz CT molecular complexity index is 262. The van der Waals surface area contributed by atoms with Crippen LogP contribution in [0.25, 0.3) is 0 Å². The highest BCUT2D eigenvalue weighted by Crippen LogP contribution is 2.39. The Balaban J connectivity index is 2.08. The molecule has 0 amide bonds. The van der Waals surface area contributed by atoms with Gasteiger partial charge in [-0.3, -0.25) is 4.90 Å². The van der Waals surface area contributed by atoms with Gasteiger partial charge in [0.05, 0.1) is 0 Å². The lowest BCUT2D eigenvalue weighted by Gasteiger charge is -2.49. The number of hydrogen-bond acceptors (Lipinski definition) is 2. The van der Waals surface area contributed by atoms with Crippen LogP contribution in [-0.2, 0) is 0 Å². The average molecular weight is 252 g/mol. The Kier molecular flexibility index (Phi) is 4.71. The molecule has 1 aliphatic heterocycles. The van der Waals surface area contributed by atoms with Gasteiger partial charge in [0, 0.05) is 18.1 Å². The molecule has 3 unspecified atom stereocenters. The highest BCUT2D eigenvalue weighted by Gasteiger charge is 2.39. The normalized spacial score (nSPS) is 37.7. The van der Waals surface area contributed by atoms with Crippen LogP contribution >= 0.6 is 0 Å².